The molecule has 2 heterocycles. The summed E-state index contributed by atoms with van der Waals surface area (Å²) < 4.78 is 4.63. The SMILES string of the molecule is CCc1nc2ccccc2n1-c1ccc(-c2c3ccccc3c(-c3ccc(-c4ccccc4)cc3)c3ccc(-c4cccc(-c5ccc(-c6ccc7c(-c8ccccc8)c8ccc(-c9cccc(-c%10ccccc%10)c9)cc8c(-c8ccc(-n9c(CC)nc%10ccccc%109)cc8)c7c6)cc5)c4)cc23)cc1. The van der Waals surface area contributed by atoms with E-state index in [-0.39, 0.29) is 0 Å². The van der Waals surface area contributed by atoms with Gasteiger partial charge in [-0.1, -0.05) is 299 Å². The van der Waals surface area contributed by atoms with Crippen LogP contribution in [0.25, 0.3) is 188 Å². The number of aryl methyl sites for hydroxylation is 2. The van der Waals surface area contributed by atoms with Crippen molar-refractivity contribution in [2.75, 3.05) is 0 Å². The first kappa shape index (κ1) is 61.8. The molecule has 0 unspecified atom stereocenters. The lowest BCUT2D eigenvalue weighted by Crippen LogP contribution is -2.00. The predicted octanol–water partition coefficient (Wildman–Crippen LogP) is 26.8. The molecule has 4 heteroatoms. The lowest BCUT2D eigenvalue weighted by molar-refractivity contribution is 0.908. The standard InChI is InChI=1S/C100H70N4/c1-3-95-101-91-34-16-18-36-93(91)103(95)81-53-46-72(47-54-81)99-84-33-15-14-32-83(84)98(71-44-42-67(43-45-71)65-22-8-5-9-23-65)85-58-51-79(63-88(85)99)77-31-21-29-75(61-77)68-38-40-69(41-39-68)78-50-57-86-89(62-78)100(73-48-55-82(56-49-73)104-94-37-19-17-35-92(94)102-96(104)4-2)90-64-80(52-59-87(90)97(86)70-26-12-7-13-27-70)76-30-20-28-74(60-76)66-24-10-6-11-25-66/h5-64H,3-4H2,1-2H3. The van der Waals surface area contributed by atoms with Crippen LogP contribution in [0.1, 0.15) is 25.5 Å². The van der Waals surface area contributed by atoms with Crippen molar-refractivity contribution < 1.29 is 0 Å². The summed E-state index contributed by atoms with van der Waals surface area (Å²) in [4.78, 5) is 10.1. The van der Waals surface area contributed by atoms with E-state index in [1.54, 1.807) is 0 Å². The van der Waals surface area contributed by atoms with Gasteiger partial charge in [0.15, 0.2) is 0 Å². The van der Waals surface area contributed by atoms with Crippen molar-refractivity contribution >= 4 is 65.2 Å². The average Bonchev–Trinajstić information content (AvgIpc) is 0.788. The van der Waals surface area contributed by atoms with Crippen molar-refractivity contribution in [1.29, 1.82) is 0 Å². The maximum absolute atomic E-state index is 5.07. The summed E-state index contributed by atoms with van der Waals surface area (Å²) in [5.74, 6) is 2.09. The van der Waals surface area contributed by atoms with Crippen molar-refractivity contribution in [2.45, 2.75) is 26.7 Å². The number of hydrogen-bond donors (Lipinski definition) is 0. The summed E-state index contributed by atoms with van der Waals surface area (Å²) in [6.45, 7) is 4.37. The van der Waals surface area contributed by atoms with Crippen LogP contribution in [-0.4, -0.2) is 19.1 Å². The molecular weight excluding hydrogens is 1260 g/mol. The number of nitrogens with zero attached hydrogens (tertiary/aromatic N) is 4. The fraction of sp³-hybridized carbons (Fsp3) is 0.0400. The number of para-hydroxylation sites is 4. The Morgan fingerprint density at radius 2 is 0.433 bits per heavy atom. The van der Waals surface area contributed by atoms with Gasteiger partial charge in [0, 0.05) is 24.2 Å². The molecule has 0 aliphatic carbocycles. The molecule has 0 radical (unpaired) electrons. The highest BCUT2D eigenvalue weighted by atomic mass is 15.1. The van der Waals surface area contributed by atoms with Gasteiger partial charge in [-0.3, -0.25) is 9.13 Å². The monoisotopic (exact) mass is 1330 g/mol. The van der Waals surface area contributed by atoms with Gasteiger partial charge >= 0.3 is 0 Å². The van der Waals surface area contributed by atoms with Crippen molar-refractivity contribution in [3.63, 3.8) is 0 Å². The van der Waals surface area contributed by atoms with Crippen LogP contribution in [0, 0.1) is 0 Å². The third-order valence-electron chi connectivity index (χ3n) is 21.3. The van der Waals surface area contributed by atoms with Gasteiger partial charge in [-0.25, -0.2) is 9.97 Å². The quantitative estimate of drug-likeness (QED) is 0.102. The zero-order chi connectivity index (χ0) is 69.2. The Morgan fingerprint density at radius 1 is 0.192 bits per heavy atom. The van der Waals surface area contributed by atoms with Crippen molar-refractivity contribution in [2.24, 2.45) is 0 Å². The summed E-state index contributed by atoms with van der Waals surface area (Å²) in [6.07, 6.45) is 1.65. The van der Waals surface area contributed by atoms with E-state index in [0.717, 1.165) is 102 Å². The Hall–Kier alpha value is -13.3. The third kappa shape index (κ3) is 10.9. The maximum Gasteiger partial charge on any atom is 0.114 e. The molecule has 2 aromatic heterocycles. The fourth-order valence-electron chi connectivity index (χ4n) is 16.3. The van der Waals surface area contributed by atoms with Crippen LogP contribution in [0.2, 0.25) is 0 Å². The summed E-state index contributed by atoms with van der Waals surface area (Å²) >= 11 is 0. The molecule has 4 nitrogen and oxygen atoms in total. The van der Waals surface area contributed by atoms with Crippen molar-refractivity contribution in [1.82, 2.24) is 19.1 Å². The van der Waals surface area contributed by atoms with E-state index in [0.29, 0.717) is 0 Å². The van der Waals surface area contributed by atoms with Gasteiger partial charge in [-0.15, -0.1) is 0 Å². The molecule has 17 aromatic carbocycles. The highest BCUT2D eigenvalue weighted by molar-refractivity contribution is 6.24. The molecule has 490 valence electrons. The zero-order valence-corrected chi connectivity index (χ0v) is 57.8. The molecule has 0 saturated heterocycles. The number of fused-ring (bicyclic) bond motifs is 6. The molecule has 0 spiro atoms. The molecule has 0 aliphatic rings. The summed E-state index contributed by atoms with van der Waals surface area (Å²) in [6, 6.07) is 134. The average molecular weight is 1330 g/mol. The van der Waals surface area contributed by atoms with Crippen molar-refractivity contribution in [3.8, 4) is 123 Å². The molecule has 0 aliphatic heterocycles. The molecule has 19 rings (SSSR count). The second kappa shape index (κ2) is 26.0. The van der Waals surface area contributed by atoms with Crippen LogP contribution in [-0.2, 0) is 12.8 Å². The smallest absolute Gasteiger partial charge is 0.114 e. The van der Waals surface area contributed by atoms with E-state index < -0.39 is 0 Å². The first-order chi connectivity index (χ1) is 51.5. The zero-order valence-electron chi connectivity index (χ0n) is 57.8. The van der Waals surface area contributed by atoms with Crippen LogP contribution in [0.4, 0.5) is 0 Å². The number of imidazole rings is 2. The summed E-state index contributed by atoms with van der Waals surface area (Å²) in [5, 5.41) is 9.66. The normalized spacial score (nSPS) is 11.6. The van der Waals surface area contributed by atoms with Crippen LogP contribution in [0.5, 0.6) is 0 Å². The lowest BCUT2D eigenvalue weighted by Gasteiger charge is -2.20. The summed E-state index contributed by atoms with van der Waals surface area (Å²) in [7, 11) is 0. The van der Waals surface area contributed by atoms with E-state index in [9.17, 15) is 0 Å². The number of hydrogen-bond acceptors (Lipinski definition) is 2. The van der Waals surface area contributed by atoms with Crippen LogP contribution >= 0.6 is 0 Å². The minimum absolute atomic E-state index is 0.819. The minimum Gasteiger partial charge on any atom is -0.296 e. The molecule has 0 N–H and O–H groups in total. The topological polar surface area (TPSA) is 35.6 Å². The highest BCUT2D eigenvalue weighted by Crippen LogP contribution is 2.49. The Balaban J connectivity index is 0.731. The molecule has 0 amide bonds. The van der Waals surface area contributed by atoms with Gasteiger partial charge in [0.1, 0.15) is 11.6 Å². The lowest BCUT2D eigenvalue weighted by atomic mass is 9.83. The van der Waals surface area contributed by atoms with E-state index in [2.05, 4.69) is 387 Å². The largest absolute Gasteiger partial charge is 0.296 e. The number of rotatable bonds is 14. The Labute approximate surface area is 605 Å². The third-order valence-corrected chi connectivity index (χ3v) is 21.3. The van der Waals surface area contributed by atoms with E-state index in [1.807, 2.05) is 0 Å². The van der Waals surface area contributed by atoms with Gasteiger partial charge in [0.25, 0.3) is 0 Å². The Kier molecular flexibility index (Phi) is 15.5. The molecule has 0 saturated carbocycles. The molecular formula is C100H70N4. The number of benzene rings is 17. The first-order valence-electron chi connectivity index (χ1n) is 36.2. The molecule has 0 atom stereocenters. The van der Waals surface area contributed by atoms with E-state index in [4.69, 9.17) is 9.97 Å². The Morgan fingerprint density at radius 3 is 0.837 bits per heavy atom. The predicted molar refractivity (Wildman–Crippen MR) is 439 cm³/mol. The fourth-order valence-corrected chi connectivity index (χ4v) is 16.3. The molecule has 19 aromatic rings. The molecule has 104 heavy (non-hydrogen) atoms. The van der Waals surface area contributed by atoms with Gasteiger partial charge in [0.05, 0.1) is 22.1 Å². The van der Waals surface area contributed by atoms with Gasteiger partial charge in [-0.2, -0.15) is 0 Å². The minimum atomic E-state index is 0.819. The van der Waals surface area contributed by atoms with Gasteiger partial charge in [0.2, 0.25) is 0 Å². The van der Waals surface area contributed by atoms with E-state index in [1.165, 1.54) is 110 Å². The van der Waals surface area contributed by atoms with E-state index >= 15 is 0 Å². The molecule has 0 fully saturated rings. The summed E-state index contributed by atoms with van der Waals surface area (Å²) in [5.41, 5.74) is 30.1. The second-order valence-electron chi connectivity index (χ2n) is 27.2. The van der Waals surface area contributed by atoms with Crippen LogP contribution < -0.4 is 0 Å². The second-order valence-corrected chi connectivity index (χ2v) is 27.2. The number of aromatic nitrogens is 4. The van der Waals surface area contributed by atoms with Crippen LogP contribution in [0.3, 0.4) is 0 Å². The Bertz CT molecular complexity index is 6490. The van der Waals surface area contributed by atoms with Gasteiger partial charge in [-0.05, 0) is 233 Å². The highest BCUT2D eigenvalue weighted by Gasteiger charge is 2.23. The first-order valence-corrected chi connectivity index (χ1v) is 36.2. The molecule has 0 bridgehead atoms. The maximum atomic E-state index is 5.07. The van der Waals surface area contributed by atoms with Gasteiger partial charge < -0.3 is 0 Å². The van der Waals surface area contributed by atoms with Crippen molar-refractivity contribution in [3.05, 3.63) is 376 Å². The van der Waals surface area contributed by atoms with Crippen LogP contribution in [0.15, 0.2) is 364 Å².